The van der Waals surface area contributed by atoms with Crippen molar-refractivity contribution in [2.45, 2.75) is 31.9 Å². The van der Waals surface area contributed by atoms with Crippen LogP contribution < -0.4 is 5.32 Å². The predicted molar refractivity (Wildman–Crippen MR) is 110 cm³/mol. The van der Waals surface area contributed by atoms with Crippen molar-refractivity contribution >= 4 is 33.4 Å². The molecular weight excluding hydrogens is 388 g/mol. The van der Waals surface area contributed by atoms with E-state index < -0.39 is 5.97 Å². The molecule has 1 amide bonds. The third kappa shape index (κ3) is 4.99. The molecule has 4 rings (SSSR count). The number of benzene rings is 2. The fraction of sp³-hybridized carbons (Fsp3) is 0.318. The summed E-state index contributed by atoms with van der Waals surface area (Å²) in [5, 5.41) is 3.76. The summed E-state index contributed by atoms with van der Waals surface area (Å²) in [5.74, 6) is -0.864. The number of aryl methyl sites for hydroxylation is 1. The van der Waals surface area contributed by atoms with Crippen molar-refractivity contribution in [1.82, 2.24) is 10.3 Å². The van der Waals surface area contributed by atoms with Crippen LogP contribution in [0.5, 0.6) is 0 Å². The zero-order chi connectivity index (χ0) is 20.1. The Kier molecular flexibility index (Phi) is 6.17. The molecule has 0 fully saturated rings. The maximum absolute atomic E-state index is 12.2. The second-order valence-electron chi connectivity index (χ2n) is 6.94. The smallest absolute Gasteiger partial charge is 0.332 e. The number of hydrogen-bond donors (Lipinski definition) is 1. The molecule has 0 unspecified atom stereocenters. The quantitative estimate of drug-likeness (QED) is 0.603. The van der Waals surface area contributed by atoms with Gasteiger partial charge in [-0.2, -0.15) is 0 Å². The molecule has 1 aliphatic carbocycles. The van der Waals surface area contributed by atoms with Gasteiger partial charge in [0.05, 0.1) is 22.9 Å². The van der Waals surface area contributed by atoms with Gasteiger partial charge in [-0.1, -0.05) is 36.4 Å². The van der Waals surface area contributed by atoms with Crippen LogP contribution in [0, 0.1) is 0 Å². The summed E-state index contributed by atoms with van der Waals surface area (Å²) in [6.45, 7) is -0.281. The number of nitrogens with zero attached hydrogens (tertiary/aromatic N) is 1. The van der Waals surface area contributed by atoms with Crippen LogP contribution in [0.3, 0.4) is 0 Å². The molecule has 7 heteroatoms. The Morgan fingerprint density at radius 3 is 2.83 bits per heavy atom. The lowest BCUT2D eigenvalue weighted by atomic mass is 9.88. The van der Waals surface area contributed by atoms with Gasteiger partial charge in [-0.15, -0.1) is 11.3 Å². The highest BCUT2D eigenvalue weighted by atomic mass is 32.1. The third-order valence-electron chi connectivity index (χ3n) is 4.85. The van der Waals surface area contributed by atoms with Crippen LogP contribution in [0.1, 0.15) is 35.0 Å². The van der Waals surface area contributed by atoms with Crippen molar-refractivity contribution in [3.8, 4) is 0 Å². The predicted octanol–water partition coefficient (Wildman–Crippen LogP) is 3.55. The summed E-state index contributed by atoms with van der Waals surface area (Å²) in [4.78, 5) is 28.5. The molecule has 0 spiro atoms. The number of carbonyl (C=O) groups is 2. The van der Waals surface area contributed by atoms with Crippen LogP contribution in [0.2, 0.25) is 0 Å². The highest BCUT2D eigenvalue weighted by Gasteiger charge is 2.21. The lowest BCUT2D eigenvalue weighted by molar-refractivity contribution is -0.153. The van der Waals surface area contributed by atoms with E-state index in [4.69, 9.17) is 9.47 Å². The summed E-state index contributed by atoms with van der Waals surface area (Å²) in [5.41, 5.74) is 3.33. The van der Waals surface area contributed by atoms with E-state index in [0.29, 0.717) is 0 Å². The molecular formula is C22H22N2O4S. The Hall–Kier alpha value is -2.77. The van der Waals surface area contributed by atoms with E-state index >= 15 is 0 Å². The van der Waals surface area contributed by atoms with Crippen LogP contribution in [0.25, 0.3) is 10.2 Å². The Bertz CT molecular complexity index is 984. The van der Waals surface area contributed by atoms with Crippen LogP contribution in [-0.4, -0.2) is 30.1 Å². The highest BCUT2D eigenvalue weighted by molar-refractivity contribution is 7.18. The molecule has 2 aromatic carbocycles. The van der Waals surface area contributed by atoms with Crippen molar-refractivity contribution in [3.63, 3.8) is 0 Å². The van der Waals surface area contributed by atoms with Gasteiger partial charge < -0.3 is 14.8 Å². The standard InChI is InChI=1S/C22H22N2O4S/c25-20(23-17-10-5-7-15-6-1-2-8-16(15)17)12-28-22(26)14-27-13-21-24-18-9-3-4-11-19(18)29-21/h1-4,6,8-9,11,17H,5,7,10,12-14H2,(H,23,25)/t17-/m1/s1. The molecule has 1 aliphatic rings. The highest BCUT2D eigenvalue weighted by Crippen LogP contribution is 2.29. The molecule has 1 N–H and O–H groups in total. The SMILES string of the molecule is O=C(COC(=O)COCc1nc2ccccc2s1)N[C@@H]1CCCc2ccccc21. The van der Waals surface area contributed by atoms with Crippen LogP contribution in [0.15, 0.2) is 48.5 Å². The Morgan fingerprint density at radius 1 is 1.10 bits per heavy atom. The van der Waals surface area contributed by atoms with Crippen LogP contribution >= 0.6 is 11.3 Å². The van der Waals surface area contributed by atoms with Gasteiger partial charge in [0.25, 0.3) is 5.91 Å². The summed E-state index contributed by atoms with van der Waals surface area (Å²) in [6, 6.07) is 15.9. The molecule has 3 aromatic rings. The first-order chi connectivity index (χ1) is 14.2. The lowest BCUT2D eigenvalue weighted by Gasteiger charge is -2.26. The van der Waals surface area contributed by atoms with Gasteiger partial charge in [-0.25, -0.2) is 9.78 Å². The van der Waals surface area contributed by atoms with Gasteiger partial charge in [-0.3, -0.25) is 4.79 Å². The third-order valence-corrected chi connectivity index (χ3v) is 5.86. The van der Waals surface area contributed by atoms with E-state index in [-0.39, 0.29) is 31.8 Å². The van der Waals surface area contributed by atoms with Crippen molar-refractivity contribution in [3.05, 3.63) is 64.7 Å². The average molecular weight is 410 g/mol. The summed E-state index contributed by atoms with van der Waals surface area (Å²) >= 11 is 1.53. The van der Waals surface area contributed by atoms with Gasteiger partial charge in [0.2, 0.25) is 0 Å². The number of hydrogen-bond acceptors (Lipinski definition) is 6. The normalized spacial score (nSPS) is 15.7. The first-order valence-electron chi connectivity index (χ1n) is 9.64. The molecule has 1 atom stereocenters. The number of nitrogens with one attached hydrogen (secondary N) is 1. The minimum Gasteiger partial charge on any atom is -0.454 e. The largest absolute Gasteiger partial charge is 0.454 e. The minimum atomic E-state index is -0.565. The molecule has 0 radical (unpaired) electrons. The van der Waals surface area contributed by atoms with E-state index in [9.17, 15) is 9.59 Å². The summed E-state index contributed by atoms with van der Waals surface area (Å²) in [7, 11) is 0. The number of aromatic nitrogens is 1. The number of amides is 1. The Balaban J connectivity index is 1.19. The number of thiazole rings is 1. The number of carbonyl (C=O) groups excluding carboxylic acids is 2. The zero-order valence-corrected chi connectivity index (χ0v) is 16.7. The number of fused-ring (bicyclic) bond motifs is 2. The molecule has 0 saturated carbocycles. The first-order valence-corrected chi connectivity index (χ1v) is 10.5. The molecule has 0 aliphatic heterocycles. The van der Waals surface area contributed by atoms with Crippen molar-refractivity contribution in [2.24, 2.45) is 0 Å². The first kappa shape index (κ1) is 19.5. The van der Waals surface area contributed by atoms with Gasteiger partial charge in [0.1, 0.15) is 11.6 Å². The number of esters is 1. The van der Waals surface area contributed by atoms with Crippen molar-refractivity contribution in [1.29, 1.82) is 0 Å². The Morgan fingerprint density at radius 2 is 1.93 bits per heavy atom. The number of ether oxygens (including phenoxy) is 2. The molecule has 1 heterocycles. The maximum Gasteiger partial charge on any atom is 0.332 e. The molecule has 150 valence electrons. The number of para-hydroxylation sites is 1. The van der Waals surface area contributed by atoms with Gasteiger partial charge in [-0.05, 0) is 42.5 Å². The second-order valence-corrected chi connectivity index (χ2v) is 8.06. The van der Waals surface area contributed by atoms with E-state index in [0.717, 1.165) is 40.1 Å². The van der Waals surface area contributed by atoms with Gasteiger partial charge in [0, 0.05) is 0 Å². The van der Waals surface area contributed by atoms with Gasteiger partial charge in [0.15, 0.2) is 6.61 Å². The molecule has 0 bridgehead atoms. The van der Waals surface area contributed by atoms with E-state index in [1.807, 2.05) is 42.5 Å². The average Bonchev–Trinajstić information content (AvgIpc) is 3.15. The van der Waals surface area contributed by atoms with Gasteiger partial charge >= 0.3 is 5.97 Å². The fourth-order valence-corrected chi connectivity index (χ4v) is 4.44. The lowest BCUT2D eigenvalue weighted by Crippen LogP contribution is -2.34. The number of rotatable bonds is 7. The topological polar surface area (TPSA) is 77.5 Å². The fourth-order valence-electron chi connectivity index (χ4n) is 3.53. The van der Waals surface area contributed by atoms with E-state index in [1.54, 1.807) is 0 Å². The molecule has 29 heavy (non-hydrogen) atoms. The molecule has 1 aromatic heterocycles. The Labute approximate surface area is 172 Å². The minimum absolute atomic E-state index is 0.0264. The zero-order valence-electron chi connectivity index (χ0n) is 15.9. The molecule has 6 nitrogen and oxygen atoms in total. The van der Waals surface area contributed by atoms with E-state index in [1.165, 1.54) is 16.9 Å². The van der Waals surface area contributed by atoms with Crippen molar-refractivity contribution in [2.75, 3.05) is 13.2 Å². The monoisotopic (exact) mass is 410 g/mol. The molecule has 0 saturated heterocycles. The van der Waals surface area contributed by atoms with Crippen LogP contribution in [-0.2, 0) is 32.1 Å². The summed E-state index contributed by atoms with van der Waals surface area (Å²) in [6.07, 6.45) is 2.95. The summed E-state index contributed by atoms with van der Waals surface area (Å²) < 4.78 is 11.5. The van der Waals surface area contributed by atoms with Crippen LogP contribution in [0.4, 0.5) is 0 Å². The van der Waals surface area contributed by atoms with Crippen molar-refractivity contribution < 1.29 is 19.1 Å². The second kappa shape index (κ2) is 9.15. The van der Waals surface area contributed by atoms with E-state index in [2.05, 4.69) is 16.4 Å². The maximum atomic E-state index is 12.2.